The maximum absolute atomic E-state index is 9.80. The summed E-state index contributed by atoms with van der Waals surface area (Å²) < 4.78 is 17.3. The average molecular weight is 459 g/mol. The Morgan fingerprint density at radius 2 is 1.62 bits per heavy atom. The lowest BCUT2D eigenvalue weighted by Gasteiger charge is -2.57. The van der Waals surface area contributed by atoms with Crippen molar-refractivity contribution in [3.63, 3.8) is 0 Å². The van der Waals surface area contributed by atoms with Gasteiger partial charge in [0.2, 0.25) is 0 Å². The number of hydrogen-bond acceptors (Lipinski definition) is 4. The topological polar surface area (TPSA) is 47.9 Å². The van der Waals surface area contributed by atoms with Crippen LogP contribution in [0.5, 0.6) is 11.5 Å². The molecule has 4 aliphatic carbocycles. The summed E-state index contributed by atoms with van der Waals surface area (Å²) in [6.07, 6.45) is 7.76. The van der Waals surface area contributed by atoms with Crippen molar-refractivity contribution in [2.24, 2.45) is 17.8 Å². The number of aromatic hydroxyl groups is 1. The largest absolute Gasteiger partial charge is 0.508 e. The number of hydrogen-bond donors (Lipinski definition) is 1. The third-order valence-corrected chi connectivity index (χ3v) is 8.62. The molecule has 4 saturated carbocycles. The molecule has 7 rings (SSSR count). The molecule has 0 amide bonds. The second kappa shape index (κ2) is 8.58. The number of ether oxygens (including phenoxy) is 3. The second-order valence-corrected chi connectivity index (χ2v) is 10.9. The number of fused-ring (bicyclic) bond motifs is 1. The Hall–Kier alpha value is -2.56. The van der Waals surface area contributed by atoms with Crippen LogP contribution in [0, 0.1) is 17.8 Å². The van der Waals surface area contributed by atoms with Crippen molar-refractivity contribution in [3.8, 4) is 22.6 Å². The molecule has 1 N–H and O–H groups in total. The molecule has 34 heavy (non-hydrogen) atoms. The number of methoxy groups -OCH3 is 1. The third kappa shape index (κ3) is 3.87. The standard InChI is InChI=1S/C30H34O4/c1-19(32-2)33-18-34-29-13-24-4-3-5-26(23-6-8-25(31)9-7-23)27(24)14-28(29)30-15-20-10-21(16-30)12-22(11-20)17-30/h3-9,13-14,19-22,31H,10-12,15-18H2,1-2H3. The molecule has 4 heteroatoms. The molecule has 0 aliphatic heterocycles. The predicted octanol–water partition coefficient (Wildman–Crippen LogP) is 7.03. The summed E-state index contributed by atoms with van der Waals surface area (Å²) in [6.45, 7) is 2.06. The van der Waals surface area contributed by atoms with E-state index >= 15 is 0 Å². The van der Waals surface area contributed by atoms with Crippen LogP contribution in [0.4, 0.5) is 0 Å². The van der Waals surface area contributed by atoms with Gasteiger partial charge >= 0.3 is 0 Å². The van der Waals surface area contributed by atoms with E-state index in [1.807, 2.05) is 19.1 Å². The van der Waals surface area contributed by atoms with Gasteiger partial charge in [-0.25, -0.2) is 0 Å². The summed E-state index contributed by atoms with van der Waals surface area (Å²) in [4.78, 5) is 0. The summed E-state index contributed by atoms with van der Waals surface area (Å²) in [5, 5.41) is 12.2. The Morgan fingerprint density at radius 3 is 2.26 bits per heavy atom. The van der Waals surface area contributed by atoms with Crippen LogP contribution in [0.3, 0.4) is 0 Å². The molecule has 0 heterocycles. The molecule has 0 saturated heterocycles. The van der Waals surface area contributed by atoms with Gasteiger partial charge in [-0.1, -0.05) is 30.3 Å². The first-order valence-corrected chi connectivity index (χ1v) is 12.7. The van der Waals surface area contributed by atoms with Crippen LogP contribution in [0.1, 0.15) is 51.0 Å². The van der Waals surface area contributed by atoms with E-state index in [-0.39, 0.29) is 18.5 Å². The van der Waals surface area contributed by atoms with Crippen molar-refractivity contribution in [2.75, 3.05) is 13.9 Å². The first-order chi connectivity index (χ1) is 16.5. The van der Waals surface area contributed by atoms with Crippen molar-refractivity contribution < 1.29 is 19.3 Å². The van der Waals surface area contributed by atoms with Gasteiger partial charge in [-0.05, 0) is 115 Å². The van der Waals surface area contributed by atoms with Crippen LogP contribution in [0.15, 0.2) is 54.6 Å². The fourth-order valence-electron chi connectivity index (χ4n) is 7.43. The molecule has 0 spiro atoms. The van der Waals surface area contributed by atoms with E-state index in [1.54, 1.807) is 19.2 Å². The lowest BCUT2D eigenvalue weighted by atomic mass is 9.48. The molecule has 4 nitrogen and oxygen atoms in total. The second-order valence-electron chi connectivity index (χ2n) is 10.9. The van der Waals surface area contributed by atoms with Crippen LogP contribution in [0.25, 0.3) is 21.9 Å². The minimum atomic E-state index is -0.301. The molecular weight excluding hydrogens is 424 g/mol. The lowest BCUT2D eigenvalue weighted by Crippen LogP contribution is -2.48. The zero-order valence-electron chi connectivity index (χ0n) is 20.1. The van der Waals surface area contributed by atoms with E-state index in [9.17, 15) is 5.11 Å². The van der Waals surface area contributed by atoms with Gasteiger partial charge in [-0.3, -0.25) is 0 Å². The first kappa shape index (κ1) is 21.9. The summed E-state index contributed by atoms with van der Waals surface area (Å²) in [7, 11) is 1.65. The summed E-state index contributed by atoms with van der Waals surface area (Å²) in [5.41, 5.74) is 3.87. The summed E-state index contributed by atoms with van der Waals surface area (Å²) in [5.74, 6) is 3.81. The van der Waals surface area contributed by atoms with Crippen LogP contribution in [-0.2, 0) is 14.9 Å². The number of benzene rings is 3. The smallest absolute Gasteiger partial charge is 0.191 e. The zero-order chi connectivity index (χ0) is 23.3. The summed E-state index contributed by atoms with van der Waals surface area (Å²) >= 11 is 0. The maximum Gasteiger partial charge on any atom is 0.191 e. The summed E-state index contributed by atoms with van der Waals surface area (Å²) in [6, 6.07) is 18.6. The molecule has 4 fully saturated rings. The molecule has 3 aromatic rings. The van der Waals surface area contributed by atoms with Crippen molar-refractivity contribution in [1.82, 2.24) is 0 Å². The highest BCUT2D eigenvalue weighted by Gasteiger charge is 2.52. The molecular formula is C30H34O4. The van der Waals surface area contributed by atoms with Crippen LogP contribution in [-0.4, -0.2) is 25.3 Å². The highest BCUT2D eigenvalue weighted by atomic mass is 16.7. The van der Waals surface area contributed by atoms with Gasteiger partial charge < -0.3 is 19.3 Å². The van der Waals surface area contributed by atoms with Crippen LogP contribution >= 0.6 is 0 Å². The molecule has 3 aromatic carbocycles. The van der Waals surface area contributed by atoms with E-state index in [0.29, 0.717) is 5.75 Å². The Labute approximate surface area is 201 Å². The highest BCUT2D eigenvalue weighted by molar-refractivity contribution is 5.98. The SMILES string of the molecule is COC(C)OCOc1cc2cccc(-c3ccc(O)cc3)c2cc1C12CC3CC(CC(C3)C1)C2. The molecule has 0 aromatic heterocycles. The maximum atomic E-state index is 9.80. The number of phenolic OH excluding ortho intramolecular Hbond substituents is 1. The third-order valence-electron chi connectivity index (χ3n) is 8.62. The van der Waals surface area contributed by atoms with E-state index < -0.39 is 0 Å². The van der Waals surface area contributed by atoms with Gasteiger partial charge in [0.25, 0.3) is 0 Å². The minimum Gasteiger partial charge on any atom is -0.508 e. The molecule has 1 atom stereocenters. The average Bonchev–Trinajstić information content (AvgIpc) is 2.82. The van der Waals surface area contributed by atoms with Crippen molar-refractivity contribution in [2.45, 2.75) is 57.2 Å². The normalized spacial score (nSPS) is 28.4. The molecule has 4 aliphatic rings. The monoisotopic (exact) mass is 458 g/mol. The number of phenols is 1. The Bertz CT molecular complexity index is 1150. The van der Waals surface area contributed by atoms with Crippen molar-refractivity contribution in [3.05, 3.63) is 60.2 Å². The molecule has 1 unspecified atom stereocenters. The highest BCUT2D eigenvalue weighted by Crippen LogP contribution is 2.62. The van der Waals surface area contributed by atoms with Gasteiger partial charge in [-0.15, -0.1) is 0 Å². The number of rotatable bonds is 7. The molecule has 178 valence electrons. The lowest BCUT2D eigenvalue weighted by molar-refractivity contribution is -0.150. The molecule has 0 radical (unpaired) electrons. The first-order valence-electron chi connectivity index (χ1n) is 12.7. The fourth-order valence-corrected chi connectivity index (χ4v) is 7.43. The van der Waals surface area contributed by atoms with Gasteiger partial charge in [0, 0.05) is 12.7 Å². The van der Waals surface area contributed by atoms with Gasteiger partial charge in [0.15, 0.2) is 13.1 Å². The van der Waals surface area contributed by atoms with E-state index in [1.165, 1.54) is 55.0 Å². The van der Waals surface area contributed by atoms with Crippen molar-refractivity contribution in [1.29, 1.82) is 0 Å². The van der Waals surface area contributed by atoms with Crippen molar-refractivity contribution >= 4 is 10.8 Å². The minimum absolute atomic E-state index is 0.178. The van der Waals surface area contributed by atoms with Gasteiger partial charge in [0.1, 0.15) is 11.5 Å². The Morgan fingerprint density at radius 1 is 0.941 bits per heavy atom. The Balaban J connectivity index is 1.47. The van der Waals surface area contributed by atoms with E-state index in [2.05, 4.69) is 30.3 Å². The quantitative estimate of drug-likeness (QED) is 0.386. The zero-order valence-corrected chi connectivity index (χ0v) is 20.1. The van der Waals surface area contributed by atoms with Crippen LogP contribution in [0.2, 0.25) is 0 Å². The molecule has 4 bridgehead atoms. The Kier molecular flexibility index (Phi) is 5.54. The van der Waals surface area contributed by atoms with E-state index in [4.69, 9.17) is 14.2 Å². The van der Waals surface area contributed by atoms with Gasteiger partial charge in [-0.2, -0.15) is 0 Å². The predicted molar refractivity (Wildman–Crippen MR) is 134 cm³/mol. The van der Waals surface area contributed by atoms with Crippen LogP contribution < -0.4 is 4.74 Å². The van der Waals surface area contributed by atoms with E-state index in [0.717, 1.165) is 34.5 Å². The van der Waals surface area contributed by atoms with Gasteiger partial charge in [0.05, 0.1) is 0 Å². The fraction of sp³-hybridized carbons (Fsp3) is 0.467.